The molecule has 3 aromatic rings. The average molecular weight is 567 g/mol. The Balaban J connectivity index is 1.43. The molecular formula is C34H42N6O2. The van der Waals surface area contributed by atoms with E-state index in [4.69, 9.17) is 35.9 Å². The minimum atomic E-state index is -0.170. The Labute approximate surface area is 249 Å². The smallest absolute Gasteiger partial charge is 0.149 e. The van der Waals surface area contributed by atoms with Crippen LogP contribution in [0.1, 0.15) is 63.8 Å². The highest BCUT2D eigenvalue weighted by molar-refractivity contribution is 6.08. The van der Waals surface area contributed by atoms with E-state index < -0.39 is 0 Å². The minimum absolute atomic E-state index is 0.0353. The normalized spacial score (nSPS) is 21.2. The molecule has 0 saturated carbocycles. The molecule has 2 aliphatic rings. The van der Waals surface area contributed by atoms with E-state index in [0.29, 0.717) is 5.70 Å². The lowest BCUT2D eigenvalue weighted by atomic mass is 10.0. The zero-order chi connectivity index (χ0) is 29.3. The lowest BCUT2D eigenvalue weighted by Gasteiger charge is -2.26. The molecule has 42 heavy (non-hydrogen) atoms. The van der Waals surface area contributed by atoms with Gasteiger partial charge in [-0.1, -0.05) is 30.3 Å². The molecule has 2 aromatic heterocycles. The van der Waals surface area contributed by atoms with E-state index in [0.717, 1.165) is 97.1 Å². The standard InChI is InChI=1S/C34H42N6O2/c1-23(35)20-31(39-33-16-3-5-18-41-33)29-14-8-12-27(37-29)25-10-7-11-26(22-25)28-13-9-15-30(38-28)32(21-24(2)36)40-34-17-4-6-19-42-34/h7-15,20-23,33-34,39H,3-6,16-19,35-36H2,1-2H3. The van der Waals surface area contributed by atoms with Crippen LogP contribution < -0.4 is 16.8 Å². The van der Waals surface area contributed by atoms with Crippen LogP contribution in [0.4, 0.5) is 0 Å². The highest BCUT2D eigenvalue weighted by atomic mass is 16.5. The molecule has 2 aliphatic heterocycles. The van der Waals surface area contributed by atoms with Gasteiger partial charge in [0.2, 0.25) is 0 Å². The predicted molar refractivity (Wildman–Crippen MR) is 169 cm³/mol. The van der Waals surface area contributed by atoms with E-state index in [1.807, 2.05) is 68.5 Å². The molecule has 4 heterocycles. The van der Waals surface area contributed by atoms with E-state index in [9.17, 15) is 0 Å². The number of nitrogens with two attached hydrogens (primary N) is 2. The van der Waals surface area contributed by atoms with Crippen LogP contribution in [0.5, 0.6) is 0 Å². The van der Waals surface area contributed by atoms with E-state index in [1.165, 1.54) is 0 Å². The summed E-state index contributed by atoms with van der Waals surface area (Å²) in [5.41, 5.74) is 19.8. The lowest BCUT2D eigenvalue weighted by molar-refractivity contribution is 0.00523. The Morgan fingerprint density at radius 1 is 0.905 bits per heavy atom. The van der Waals surface area contributed by atoms with Crippen molar-refractivity contribution in [2.75, 3.05) is 13.2 Å². The molecule has 8 heteroatoms. The number of hydrogen-bond acceptors (Lipinski definition) is 8. The number of aliphatic imine (C=N–C) groups is 1. The molecule has 0 amide bonds. The summed E-state index contributed by atoms with van der Waals surface area (Å²) in [6.45, 7) is 5.32. The molecule has 0 aliphatic carbocycles. The Bertz CT molecular complexity index is 1430. The largest absolute Gasteiger partial charge is 0.402 e. The summed E-state index contributed by atoms with van der Waals surface area (Å²) in [6, 6.07) is 20.2. The van der Waals surface area contributed by atoms with Crippen LogP contribution in [0.15, 0.2) is 83.5 Å². The van der Waals surface area contributed by atoms with Crippen molar-refractivity contribution >= 4 is 11.4 Å². The lowest BCUT2D eigenvalue weighted by Crippen LogP contribution is -2.34. The first-order valence-electron chi connectivity index (χ1n) is 15.0. The second-order valence-corrected chi connectivity index (χ2v) is 11.1. The molecule has 5 N–H and O–H groups in total. The third-order valence-corrected chi connectivity index (χ3v) is 7.22. The van der Waals surface area contributed by atoms with Gasteiger partial charge in [-0.05, 0) is 94.9 Å². The number of rotatable bonds is 9. The number of benzene rings is 1. The zero-order valence-corrected chi connectivity index (χ0v) is 24.6. The number of pyridine rings is 2. The van der Waals surface area contributed by atoms with Crippen molar-refractivity contribution in [2.45, 2.75) is 70.9 Å². The Hall–Kier alpha value is -3.85. The van der Waals surface area contributed by atoms with E-state index >= 15 is 0 Å². The average Bonchev–Trinajstić information content (AvgIpc) is 3.01. The van der Waals surface area contributed by atoms with Gasteiger partial charge < -0.3 is 26.3 Å². The maximum Gasteiger partial charge on any atom is 0.149 e. The van der Waals surface area contributed by atoms with Crippen LogP contribution in [-0.2, 0) is 9.47 Å². The van der Waals surface area contributed by atoms with Gasteiger partial charge in [0.15, 0.2) is 0 Å². The van der Waals surface area contributed by atoms with Crippen LogP contribution in [0, 0.1) is 0 Å². The van der Waals surface area contributed by atoms with Gasteiger partial charge in [0.05, 0.1) is 34.2 Å². The van der Waals surface area contributed by atoms with Gasteiger partial charge in [-0.25, -0.2) is 9.97 Å². The maximum absolute atomic E-state index is 6.16. The van der Waals surface area contributed by atoms with Crippen molar-refractivity contribution in [3.63, 3.8) is 0 Å². The predicted octanol–water partition coefficient (Wildman–Crippen LogP) is 5.79. The first-order valence-corrected chi connectivity index (χ1v) is 15.0. The summed E-state index contributed by atoms with van der Waals surface area (Å²) < 4.78 is 11.8. The Morgan fingerprint density at radius 3 is 2.17 bits per heavy atom. The number of aromatic nitrogens is 2. The third kappa shape index (κ3) is 8.12. The second-order valence-electron chi connectivity index (χ2n) is 11.1. The number of nitrogens with zero attached hydrogens (tertiary/aromatic N) is 3. The van der Waals surface area contributed by atoms with Gasteiger partial charge in [0, 0.05) is 36.1 Å². The van der Waals surface area contributed by atoms with Crippen LogP contribution in [0.2, 0.25) is 0 Å². The SMILES string of the molecule is CC(N)=CC(=NC1CCCCO1)c1cccc(-c2cccc(-c3cccc(C(=CC(C)N)NC4CCCCO4)n3)c2)n1. The fourth-order valence-corrected chi connectivity index (χ4v) is 5.19. The van der Waals surface area contributed by atoms with Crippen molar-refractivity contribution in [2.24, 2.45) is 16.5 Å². The number of nitrogens with one attached hydrogen (secondary N) is 1. The van der Waals surface area contributed by atoms with Gasteiger partial charge in [0.25, 0.3) is 0 Å². The first kappa shape index (κ1) is 29.6. The topological polar surface area (TPSA) is 121 Å². The van der Waals surface area contributed by atoms with Crippen LogP contribution >= 0.6 is 0 Å². The summed E-state index contributed by atoms with van der Waals surface area (Å²) >= 11 is 0. The summed E-state index contributed by atoms with van der Waals surface area (Å²) in [7, 11) is 0. The number of ether oxygens (including phenoxy) is 2. The molecule has 8 nitrogen and oxygen atoms in total. The quantitative estimate of drug-likeness (QED) is 0.280. The first-order chi connectivity index (χ1) is 20.4. The highest BCUT2D eigenvalue weighted by Gasteiger charge is 2.18. The molecule has 0 spiro atoms. The maximum atomic E-state index is 6.16. The summed E-state index contributed by atoms with van der Waals surface area (Å²) in [4.78, 5) is 14.9. The highest BCUT2D eigenvalue weighted by Crippen LogP contribution is 2.26. The second kappa shape index (κ2) is 14.4. The number of hydrogen-bond donors (Lipinski definition) is 3. The van der Waals surface area contributed by atoms with E-state index in [-0.39, 0.29) is 18.5 Å². The molecular weight excluding hydrogens is 524 g/mol. The van der Waals surface area contributed by atoms with Crippen LogP contribution in [0.3, 0.4) is 0 Å². The van der Waals surface area contributed by atoms with Crippen molar-refractivity contribution in [3.05, 3.63) is 89.9 Å². The van der Waals surface area contributed by atoms with Crippen molar-refractivity contribution < 1.29 is 9.47 Å². The van der Waals surface area contributed by atoms with Crippen LogP contribution in [0.25, 0.3) is 28.2 Å². The van der Waals surface area contributed by atoms with Crippen molar-refractivity contribution in [1.29, 1.82) is 0 Å². The monoisotopic (exact) mass is 566 g/mol. The Kier molecular flexibility index (Phi) is 10.1. The fourth-order valence-electron chi connectivity index (χ4n) is 5.19. The molecule has 5 rings (SSSR count). The molecule has 220 valence electrons. The molecule has 2 fully saturated rings. The summed E-state index contributed by atoms with van der Waals surface area (Å²) in [5, 5.41) is 3.53. The van der Waals surface area contributed by atoms with Gasteiger partial charge in [-0.2, -0.15) is 0 Å². The summed E-state index contributed by atoms with van der Waals surface area (Å²) in [5.74, 6) is 0. The molecule has 0 bridgehead atoms. The number of allylic oxidation sites excluding steroid dienone is 2. The molecule has 0 radical (unpaired) electrons. The van der Waals surface area contributed by atoms with Crippen molar-refractivity contribution in [1.82, 2.24) is 15.3 Å². The Morgan fingerprint density at radius 2 is 1.55 bits per heavy atom. The zero-order valence-electron chi connectivity index (χ0n) is 24.6. The molecule has 2 saturated heterocycles. The molecule has 1 aromatic carbocycles. The van der Waals surface area contributed by atoms with Crippen molar-refractivity contribution in [3.8, 4) is 22.5 Å². The van der Waals surface area contributed by atoms with Gasteiger partial charge in [0.1, 0.15) is 12.5 Å². The van der Waals surface area contributed by atoms with E-state index in [2.05, 4.69) is 23.5 Å². The fraction of sp³-hybridized carbons (Fsp3) is 0.382. The van der Waals surface area contributed by atoms with Gasteiger partial charge in [-0.3, -0.25) is 4.99 Å². The van der Waals surface area contributed by atoms with Gasteiger partial charge >= 0.3 is 0 Å². The summed E-state index contributed by atoms with van der Waals surface area (Å²) in [6.07, 6.45) is 9.95. The molecule has 3 unspecified atom stereocenters. The molecule has 3 atom stereocenters. The third-order valence-electron chi connectivity index (χ3n) is 7.22. The van der Waals surface area contributed by atoms with Crippen LogP contribution in [-0.4, -0.2) is 47.4 Å². The minimum Gasteiger partial charge on any atom is -0.402 e. The van der Waals surface area contributed by atoms with E-state index in [1.54, 1.807) is 0 Å². The van der Waals surface area contributed by atoms with Gasteiger partial charge in [-0.15, -0.1) is 0 Å².